The molecule has 0 unspecified atom stereocenters. The maximum atomic E-state index is 14.5. The summed E-state index contributed by atoms with van der Waals surface area (Å²) in [5.74, 6) is -1.40. The number of rotatable bonds is 6. The molecule has 0 aliphatic heterocycles. The molecule has 1 atom stereocenters. The van der Waals surface area contributed by atoms with Crippen molar-refractivity contribution in [2.75, 3.05) is 0 Å². The zero-order chi connectivity index (χ0) is 26.4. The molecule has 3 heterocycles. The molecule has 0 saturated carbocycles. The summed E-state index contributed by atoms with van der Waals surface area (Å²) in [5, 5.41) is 0.281. The van der Waals surface area contributed by atoms with E-state index in [0.29, 0.717) is 6.92 Å². The summed E-state index contributed by atoms with van der Waals surface area (Å²) in [6, 6.07) is 4.03. The van der Waals surface area contributed by atoms with Gasteiger partial charge in [0.05, 0.1) is 22.5 Å². The van der Waals surface area contributed by atoms with Crippen LogP contribution >= 0.6 is 0 Å². The minimum atomic E-state index is -4.79. The lowest BCUT2D eigenvalue weighted by atomic mass is 10.1. The molecule has 0 fully saturated rings. The SMILES string of the molecule is Cc1cc2c(C(N)=O)c(-c3ccc(S(=O)(=O)N[C@@H](C)C(F)(F)F)cn3)n(-c3ncccn3)c2cc1F. The number of carbonyl (C=O) groups excluding carboxylic acids is 1. The van der Waals surface area contributed by atoms with E-state index in [1.807, 2.05) is 0 Å². The molecule has 9 nitrogen and oxygen atoms in total. The summed E-state index contributed by atoms with van der Waals surface area (Å²) in [6.45, 7) is 2.17. The molecule has 0 spiro atoms. The van der Waals surface area contributed by atoms with Crippen molar-refractivity contribution in [1.82, 2.24) is 24.2 Å². The van der Waals surface area contributed by atoms with Crippen LogP contribution in [-0.4, -0.2) is 46.1 Å². The number of amides is 1. The van der Waals surface area contributed by atoms with Crippen molar-refractivity contribution in [2.45, 2.75) is 31.0 Å². The lowest BCUT2D eigenvalue weighted by Gasteiger charge is -2.17. The second kappa shape index (κ2) is 8.95. The number of fused-ring (bicyclic) bond motifs is 1. The van der Waals surface area contributed by atoms with Gasteiger partial charge in [-0.2, -0.15) is 17.9 Å². The number of halogens is 4. The Balaban J connectivity index is 1.93. The molecule has 0 aliphatic rings. The fourth-order valence-corrected chi connectivity index (χ4v) is 4.74. The van der Waals surface area contributed by atoms with Gasteiger partial charge in [-0.25, -0.2) is 22.8 Å². The van der Waals surface area contributed by atoms with E-state index in [9.17, 15) is 30.8 Å². The van der Waals surface area contributed by atoms with E-state index in [-0.39, 0.29) is 39.4 Å². The zero-order valence-electron chi connectivity index (χ0n) is 18.7. The van der Waals surface area contributed by atoms with Gasteiger partial charge in [0.15, 0.2) is 0 Å². The topological polar surface area (TPSA) is 133 Å². The van der Waals surface area contributed by atoms with Gasteiger partial charge in [-0.05, 0) is 49.7 Å². The number of hydrogen-bond donors (Lipinski definition) is 2. The third kappa shape index (κ3) is 4.52. The standard InChI is InChI=1S/C22H18F4N6O3S/c1-11-8-14-17(9-15(11)23)32(21-28-6-3-7-29-21)19(18(14)20(27)33)16-5-4-13(10-30-16)36(34,35)31-12(2)22(24,25)26/h3-10,12,31H,1-2H3,(H2,27,33)/t12-/m0/s1. The number of aromatic nitrogens is 4. The molecule has 1 amide bonds. The minimum absolute atomic E-state index is 0.0216. The number of nitrogens with one attached hydrogen (secondary N) is 1. The summed E-state index contributed by atoms with van der Waals surface area (Å²) >= 11 is 0. The number of primary amides is 1. The van der Waals surface area contributed by atoms with Crippen LogP contribution in [-0.2, 0) is 10.0 Å². The molecular formula is C22H18F4N6O3S. The van der Waals surface area contributed by atoms with E-state index >= 15 is 0 Å². The van der Waals surface area contributed by atoms with Crippen LogP contribution in [0.15, 0.2) is 53.8 Å². The molecule has 3 aromatic heterocycles. The van der Waals surface area contributed by atoms with Gasteiger partial charge in [0.1, 0.15) is 16.8 Å². The number of sulfonamides is 1. The largest absolute Gasteiger partial charge is 0.404 e. The normalized spacial score (nSPS) is 13.2. The van der Waals surface area contributed by atoms with Crippen molar-refractivity contribution in [3.05, 3.63) is 65.9 Å². The Morgan fingerprint density at radius 1 is 1.14 bits per heavy atom. The molecule has 3 N–H and O–H groups in total. The van der Waals surface area contributed by atoms with Crippen LogP contribution in [0.3, 0.4) is 0 Å². The molecule has 188 valence electrons. The van der Waals surface area contributed by atoms with Crippen LogP contribution in [0.25, 0.3) is 28.2 Å². The number of nitrogens with zero attached hydrogens (tertiary/aromatic N) is 4. The molecule has 0 aliphatic carbocycles. The van der Waals surface area contributed by atoms with Gasteiger partial charge >= 0.3 is 6.18 Å². The monoisotopic (exact) mass is 522 g/mol. The minimum Gasteiger partial charge on any atom is -0.366 e. The van der Waals surface area contributed by atoms with Gasteiger partial charge in [-0.15, -0.1) is 0 Å². The third-order valence-corrected chi connectivity index (χ3v) is 6.88. The van der Waals surface area contributed by atoms with E-state index in [2.05, 4.69) is 15.0 Å². The van der Waals surface area contributed by atoms with Crippen molar-refractivity contribution in [2.24, 2.45) is 5.73 Å². The lowest BCUT2D eigenvalue weighted by Crippen LogP contribution is -2.42. The van der Waals surface area contributed by atoms with Crippen molar-refractivity contribution in [3.8, 4) is 17.3 Å². The molecule has 0 bridgehead atoms. The molecule has 4 aromatic rings. The predicted molar refractivity (Wildman–Crippen MR) is 121 cm³/mol. The first kappa shape index (κ1) is 25.2. The van der Waals surface area contributed by atoms with E-state index in [0.717, 1.165) is 12.3 Å². The fourth-order valence-electron chi connectivity index (χ4n) is 3.57. The van der Waals surface area contributed by atoms with Gasteiger partial charge in [0.2, 0.25) is 16.0 Å². The van der Waals surface area contributed by atoms with Gasteiger partial charge in [-0.1, -0.05) is 0 Å². The number of alkyl halides is 3. The van der Waals surface area contributed by atoms with E-state index in [4.69, 9.17) is 5.73 Å². The van der Waals surface area contributed by atoms with Gasteiger partial charge in [-0.3, -0.25) is 14.3 Å². The molecule has 14 heteroatoms. The Morgan fingerprint density at radius 2 is 1.81 bits per heavy atom. The van der Waals surface area contributed by atoms with Crippen LogP contribution < -0.4 is 10.5 Å². The van der Waals surface area contributed by atoms with Crippen molar-refractivity contribution >= 4 is 26.8 Å². The van der Waals surface area contributed by atoms with E-state index in [1.165, 1.54) is 46.8 Å². The van der Waals surface area contributed by atoms with Gasteiger partial charge < -0.3 is 5.73 Å². The number of carbonyl (C=O) groups is 1. The van der Waals surface area contributed by atoms with Gasteiger partial charge in [0.25, 0.3) is 5.91 Å². The lowest BCUT2D eigenvalue weighted by molar-refractivity contribution is -0.147. The maximum absolute atomic E-state index is 14.5. The van der Waals surface area contributed by atoms with E-state index < -0.39 is 38.9 Å². The second-order valence-corrected chi connectivity index (χ2v) is 9.57. The summed E-state index contributed by atoms with van der Waals surface area (Å²) in [6.07, 6.45) is -1.11. The van der Waals surface area contributed by atoms with Crippen molar-refractivity contribution < 1.29 is 30.8 Å². The van der Waals surface area contributed by atoms with Crippen LogP contribution in [0.2, 0.25) is 0 Å². The smallest absolute Gasteiger partial charge is 0.366 e. The Labute approximate surface area is 202 Å². The van der Waals surface area contributed by atoms with Crippen LogP contribution in [0.4, 0.5) is 17.6 Å². The Bertz CT molecular complexity index is 1570. The van der Waals surface area contributed by atoms with Crippen LogP contribution in [0.5, 0.6) is 0 Å². The molecular weight excluding hydrogens is 504 g/mol. The Hall–Kier alpha value is -3.91. The highest BCUT2D eigenvalue weighted by Crippen LogP contribution is 2.36. The maximum Gasteiger partial charge on any atom is 0.404 e. The molecule has 1 aromatic carbocycles. The first-order valence-electron chi connectivity index (χ1n) is 10.3. The first-order chi connectivity index (χ1) is 16.8. The summed E-state index contributed by atoms with van der Waals surface area (Å²) < 4.78 is 80.8. The molecule has 36 heavy (non-hydrogen) atoms. The summed E-state index contributed by atoms with van der Waals surface area (Å²) in [5.41, 5.74) is 6.13. The number of aryl methyl sites for hydroxylation is 1. The number of nitrogens with two attached hydrogens (primary N) is 1. The highest BCUT2D eigenvalue weighted by Gasteiger charge is 2.39. The first-order valence-corrected chi connectivity index (χ1v) is 11.8. The van der Waals surface area contributed by atoms with Crippen molar-refractivity contribution in [1.29, 1.82) is 0 Å². The summed E-state index contributed by atoms with van der Waals surface area (Å²) in [4.78, 5) is 24.4. The highest BCUT2D eigenvalue weighted by atomic mass is 32.2. The highest BCUT2D eigenvalue weighted by molar-refractivity contribution is 7.89. The third-order valence-electron chi connectivity index (χ3n) is 5.36. The molecule has 4 rings (SSSR count). The van der Waals surface area contributed by atoms with Gasteiger partial charge in [0, 0.05) is 24.0 Å². The van der Waals surface area contributed by atoms with Crippen LogP contribution in [0.1, 0.15) is 22.8 Å². The summed E-state index contributed by atoms with van der Waals surface area (Å²) in [7, 11) is -4.57. The second-order valence-electron chi connectivity index (χ2n) is 7.85. The molecule has 0 radical (unpaired) electrons. The molecule has 0 saturated heterocycles. The Morgan fingerprint density at radius 3 is 2.36 bits per heavy atom. The average Bonchev–Trinajstić information content (AvgIpc) is 3.13. The average molecular weight is 522 g/mol. The Kier molecular flexibility index (Phi) is 6.26. The number of benzene rings is 1. The fraction of sp³-hybridized carbons (Fsp3) is 0.182. The zero-order valence-corrected chi connectivity index (χ0v) is 19.5. The van der Waals surface area contributed by atoms with Crippen LogP contribution in [0, 0.1) is 12.7 Å². The van der Waals surface area contributed by atoms with Crippen molar-refractivity contribution in [3.63, 3.8) is 0 Å². The quantitative estimate of drug-likeness (QED) is 0.374. The predicted octanol–water partition coefficient (Wildman–Crippen LogP) is 3.26. The van der Waals surface area contributed by atoms with E-state index in [1.54, 1.807) is 6.07 Å². The number of pyridine rings is 1. The number of hydrogen-bond acceptors (Lipinski definition) is 6.